The predicted octanol–water partition coefficient (Wildman–Crippen LogP) is -0.326. The first-order chi connectivity index (χ1) is 9.25. The number of hydrogen-bond donors (Lipinski definition) is 2. The number of rotatable bonds is 4. The minimum absolute atomic E-state index is 0.0359. The van der Waals surface area contributed by atoms with Crippen LogP contribution in [0, 0.1) is 5.41 Å². The Morgan fingerprint density at radius 2 is 1.75 bits per heavy atom. The molecule has 1 atom stereocenters. The zero-order chi connectivity index (χ0) is 15.3. The summed E-state index contributed by atoms with van der Waals surface area (Å²) in [4.78, 5) is 28.1. The zero-order valence-corrected chi connectivity index (χ0v) is 13.0. The predicted molar refractivity (Wildman–Crippen MR) is 77.2 cm³/mol. The monoisotopic (exact) mass is 285 g/mol. The highest BCUT2D eigenvalue weighted by molar-refractivity contribution is 5.89. The third kappa shape index (κ3) is 4.76. The van der Waals surface area contributed by atoms with Crippen LogP contribution in [0.25, 0.3) is 0 Å². The second kappa shape index (κ2) is 7.04. The summed E-state index contributed by atoms with van der Waals surface area (Å²) in [6, 6.07) is -0.494. The summed E-state index contributed by atoms with van der Waals surface area (Å²) in [5.41, 5.74) is -0.492. The quantitative estimate of drug-likeness (QED) is 0.742. The molecule has 0 saturated carbocycles. The summed E-state index contributed by atoms with van der Waals surface area (Å²) in [5.74, 6) is -0.150. The van der Waals surface area contributed by atoms with Crippen LogP contribution in [0.15, 0.2) is 0 Å². The molecule has 2 N–H and O–H groups in total. The van der Waals surface area contributed by atoms with Gasteiger partial charge in [0.25, 0.3) is 0 Å². The van der Waals surface area contributed by atoms with Gasteiger partial charge in [-0.05, 0) is 6.92 Å². The molecule has 1 saturated heterocycles. The number of amides is 2. The second-order valence-electron chi connectivity index (χ2n) is 6.34. The highest BCUT2D eigenvalue weighted by atomic mass is 16.3. The van der Waals surface area contributed by atoms with Crippen molar-refractivity contribution >= 4 is 11.8 Å². The number of carbonyl (C=O) groups is 2. The van der Waals surface area contributed by atoms with Crippen LogP contribution >= 0.6 is 0 Å². The lowest BCUT2D eigenvalue weighted by Crippen LogP contribution is -2.55. The van der Waals surface area contributed by atoms with Gasteiger partial charge in [0.05, 0.1) is 6.61 Å². The van der Waals surface area contributed by atoms with Crippen LogP contribution < -0.4 is 5.32 Å². The van der Waals surface area contributed by atoms with Gasteiger partial charge in [-0.1, -0.05) is 20.8 Å². The van der Waals surface area contributed by atoms with E-state index in [1.807, 2.05) is 20.8 Å². The Hall–Kier alpha value is -1.14. The van der Waals surface area contributed by atoms with Crippen molar-refractivity contribution in [2.24, 2.45) is 5.41 Å². The van der Waals surface area contributed by atoms with Crippen LogP contribution in [0.5, 0.6) is 0 Å². The van der Waals surface area contributed by atoms with Gasteiger partial charge in [-0.25, -0.2) is 0 Å². The molecule has 0 aromatic heterocycles. The average molecular weight is 285 g/mol. The third-order valence-corrected chi connectivity index (χ3v) is 3.50. The molecule has 0 aromatic carbocycles. The van der Waals surface area contributed by atoms with Crippen molar-refractivity contribution in [1.29, 1.82) is 0 Å². The number of hydrogen-bond acceptors (Lipinski definition) is 4. The van der Waals surface area contributed by atoms with E-state index in [0.717, 1.165) is 13.1 Å². The van der Waals surface area contributed by atoms with Gasteiger partial charge in [0.1, 0.15) is 6.04 Å². The van der Waals surface area contributed by atoms with Gasteiger partial charge < -0.3 is 15.3 Å². The lowest BCUT2D eigenvalue weighted by atomic mass is 9.95. The van der Waals surface area contributed by atoms with E-state index in [1.54, 1.807) is 11.8 Å². The van der Waals surface area contributed by atoms with Crippen molar-refractivity contribution in [3.8, 4) is 0 Å². The van der Waals surface area contributed by atoms with Gasteiger partial charge in [0.2, 0.25) is 11.8 Å². The molecule has 0 aliphatic carbocycles. The fourth-order valence-corrected chi connectivity index (χ4v) is 2.08. The molecule has 6 heteroatoms. The largest absolute Gasteiger partial charge is 0.395 e. The van der Waals surface area contributed by atoms with E-state index in [1.165, 1.54) is 0 Å². The fourth-order valence-electron chi connectivity index (χ4n) is 2.08. The van der Waals surface area contributed by atoms with E-state index in [9.17, 15) is 9.59 Å². The molecule has 1 unspecified atom stereocenters. The van der Waals surface area contributed by atoms with Crippen molar-refractivity contribution < 1.29 is 14.7 Å². The second-order valence-corrected chi connectivity index (χ2v) is 6.34. The van der Waals surface area contributed by atoms with Gasteiger partial charge >= 0.3 is 0 Å². The van der Waals surface area contributed by atoms with Gasteiger partial charge in [-0.3, -0.25) is 14.5 Å². The maximum Gasteiger partial charge on any atom is 0.244 e. The number of carbonyl (C=O) groups excluding carboxylic acids is 2. The number of aliphatic hydroxyl groups is 1. The highest BCUT2D eigenvalue weighted by Crippen LogP contribution is 2.13. The van der Waals surface area contributed by atoms with E-state index in [0.29, 0.717) is 19.6 Å². The highest BCUT2D eigenvalue weighted by Gasteiger charge is 2.28. The van der Waals surface area contributed by atoms with E-state index in [2.05, 4.69) is 10.2 Å². The van der Waals surface area contributed by atoms with Crippen molar-refractivity contribution in [1.82, 2.24) is 15.1 Å². The van der Waals surface area contributed by atoms with Gasteiger partial charge in [0, 0.05) is 38.1 Å². The number of piperazine rings is 1. The molecular formula is C14H27N3O3. The Morgan fingerprint density at radius 3 is 2.20 bits per heavy atom. The van der Waals surface area contributed by atoms with E-state index in [-0.39, 0.29) is 18.4 Å². The van der Waals surface area contributed by atoms with Crippen LogP contribution in [0.3, 0.4) is 0 Å². The Bertz CT molecular complexity index is 344. The molecule has 1 aliphatic rings. The summed E-state index contributed by atoms with van der Waals surface area (Å²) in [5, 5.41) is 11.7. The van der Waals surface area contributed by atoms with Crippen LogP contribution in [0.4, 0.5) is 0 Å². The van der Waals surface area contributed by atoms with E-state index in [4.69, 9.17) is 5.11 Å². The van der Waals surface area contributed by atoms with E-state index >= 15 is 0 Å². The molecule has 1 rings (SSSR count). The Balaban J connectivity index is 2.44. The molecule has 2 amide bonds. The molecule has 116 valence electrons. The fraction of sp³-hybridized carbons (Fsp3) is 0.857. The van der Waals surface area contributed by atoms with Crippen molar-refractivity contribution in [3.63, 3.8) is 0 Å². The first kappa shape index (κ1) is 16.9. The maximum absolute atomic E-state index is 12.3. The number of nitrogens with one attached hydrogen (secondary N) is 1. The minimum Gasteiger partial charge on any atom is -0.395 e. The molecule has 0 aromatic rings. The topological polar surface area (TPSA) is 72.9 Å². The molecule has 1 heterocycles. The number of β-amino-alcohol motifs (C(OH)–C–C–N with tert-alkyl or cyclic N) is 1. The summed E-state index contributed by atoms with van der Waals surface area (Å²) in [6.07, 6.45) is 0. The van der Waals surface area contributed by atoms with Crippen LogP contribution in [-0.4, -0.2) is 72.1 Å². The van der Waals surface area contributed by atoms with Crippen molar-refractivity contribution in [2.75, 3.05) is 39.3 Å². The Morgan fingerprint density at radius 1 is 1.20 bits per heavy atom. The summed E-state index contributed by atoms with van der Waals surface area (Å²) >= 11 is 0. The molecule has 1 fully saturated rings. The standard InChI is InChI=1S/C14H27N3O3/c1-11(15-13(20)14(2,3)4)12(19)17-7-5-16(6-8-17)9-10-18/h11,18H,5-10H2,1-4H3,(H,15,20). The third-order valence-electron chi connectivity index (χ3n) is 3.50. The van der Waals surface area contributed by atoms with Crippen molar-refractivity contribution in [3.05, 3.63) is 0 Å². The molecule has 0 radical (unpaired) electrons. The first-order valence-electron chi connectivity index (χ1n) is 7.18. The molecule has 1 aliphatic heterocycles. The average Bonchev–Trinajstić information content (AvgIpc) is 2.38. The Kier molecular flexibility index (Phi) is 5.95. The van der Waals surface area contributed by atoms with Gasteiger partial charge in [-0.15, -0.1) is 0 Å². The Labute approximate surface area is 121 Å². The molecule has 0 spiro atoms. The lowest BCUT2D eigenvalue weighted by Gasteiger charge is -2.36. The lowest BCUT2D eigenvalue weighted by molar-refractivity contribution is -0.139. The molecule has 6 nitrogen and oxygen atoms in total. The number of aliphatic hydroxyl groups excluding tert-OH is 1. The van der Waals surface area contributed by atoms with Gasteiger partial charge in [0.15, 0.2) is 0 Å². The minimum atomic E-state index is -0.494. The summed E-state index contributed by atoms with van der Waals surface area (Å²) < 4.78 is 0. The summed E-state index contributed by atoms with van der Waals surface area (Å²) in [7, 11) is 0. The van der Waals surface area contributed by atoms with Gasteiger partial charge in [-0.2, -0.15) is 0 Å². The van der Waals surface area contributed by atoms with Crippen LogP contribution in [-0.2, 0) is 9.59 Å². The number of nitrogens with zero attached hydrogens (tertiary/aromatic N) is 2. The zero-order valence-electron chi connectivity index (χ0n) is 13.0. The molecule has 0 bridgehead atoms. The maximum atomic E-state index is 12.3. The van der Waals surface area contributed by atoms with E-state index < -0.39 is 11.5 Å². The normalized spacial score (nSPS) is 18.8. The first-order valence-corrected chi connectivity index (χ1v) is 7.18. The summed E-state index contributed by atoms with van der Waals surface area (Å²) in [6.45, 7) is 10.8. The molecular weight excluding hydrogens is 258 g/mol. The van der Waals surface area contributed by atoms with Crippen LogP contribution in [0.1, 0.15) is 27.7 Å². The SMILES string of the molecule is CC(NC(=O)C(C)(C)C)C(=O)N1CCN(CCO)CC1. The van der Waals surface area contributed by atoms with Crippen LogP contribution in [0.2, 0.25) is 0 Å². The van der Waals surface area contributed by atoms with Crippen molar-refractivity contribution in [2.45, 2.75) is 33.7 Å². The smallest absolute Gasteiger partial charge is 0.244 e. The molecule has 20 heavy (non-hydrogen) atoms.